The minimum absolute atomic E-state index is 0.356. The molecule has 23 heavy (non-hydrogen) atoms. The van der Waals surface area contributed by atoms with E-state index in [1.807, 2.05) is 0 Å². The van der Waals surface area contributed by atoms with Crippen molar-refractivity contribution in [2.45, 2.75) is 12.0 Å². The second-order valence-corrected chi connectivity index (χ2v) is 5.72. The third-order valence-electron chi connectivity index (χ3n) is 3.29. The molecule has 124 valence electrons. The van der Waals surface area contributed by atoms with Gasteiger partial charge in [0.05, 0.1) is 11.6 Å². The second-order valence-electron chi connectivity index (χ2n) is 4.87. The SMILES string of the molecule is COc1ccc(C(OC)C(F)(F)COc2ccccc2Br)cc1. The molecule has 0 amide bonds. The third-order valence-corrected chi connectivity index (χ3v) is 3.95. The molecule has 2 rings (SSSR count). The molecule has 0 N–H and O–H groups in total. The summed E-state index contributed by atoms with van der Waals surface area (Å²) in [7, 11) is 2.77. The fourth-order valence-electron chi connectivity index (χ4n) is 2.14. The van der Waals surface area contributed by atoms with Crippen molar-refractivity contribution in [1.82, 2.24) is 0 Å². The van der Waals surface area contributed by atoms with Gasteiger partial charge in [0.2, 0.25) is 0 Å². The van der Waals surface area contributed by atoms with Crippen molar-refractivity contribution < 1.29 is 23.0 Å². The zero-order chi connectivity index (χ0) is 16.9. The lowest BCUT2D eigenvalue weighted by atomic mass is 10.0. The quantitative estimate of drug-likeness (QED) is 0.679. The molecule has 0 fully saturated rings. The van der Waals surface area contributed by atoms with Crippen LogP contribution in [-0.4, -0.2) is 26.7 Å². The first-order valence-corrected chi connectivity index (χ1v) is 7.69. The highest BCUT2D eigenvalue weighted by molar-refractivity contribution is 9.10. The lowest BCUT2D eigenvalue weighted by Crippen LogP contribution is -2.34. The van der Waals surface area contributed by atoms with Crippen LogP contribution in [0.5, 0.6) is 11.5 Å². The first-order chi connectivity index (χ1) is 11.0. The van der Waals surface area contributed by atoms with Crippen LogP contribution >= 0.6 is 15.9 Å². The van der Waals surface area contributed by atoms with Crippen LogP contribution < -0.4 is 9.47 Å². The number of rotatable bonds is 7. The van der Waals surface area contributed by atoms with Crippen LogP contribution in [0, 0.1) is 0 Å². The number of hydrogen-bond donors (Lipinski definition) is 0. The highest BCUT2D eigenvalue weighted by Gasteiger charge is 2.42. The van der Waals surface area contributed by atoms with Gasteiger partial charge in [0.1, 0.15) is 17.6 Å². The Kier molecular flexibility index (Phi) is 5.96. The number of alkyl halides is 2. The summed E-state index contributed by atoms with van der Waals surface area (Å²) in [6.07, 6.45) is -1.41. The Morgan fingerprint density at radius 2 is 1.70 bits per heavy atom. The van der Waals surface area contributed by atoms with Gasteiger partial charge in [-0.2, -0.15) is 8.78 Å². The summed E-state index contributed by atoms with van der Waals surface area (Å²) in [5, 5.41) is 0. The highest BCUT2D eigenvalue weighted by Crippen LogP contribution is 2.36. The number of para-hydroxylation sites is 1. The lowest BCUT2D eigenvalue weighted by Gasteiger charge is -2.26. The molecule has 1 atom stereocenters. The Balaban J connectivity index is 2.12. The van der Waals surface area contributed by atoms with Crippen molar-refractivity contribution in [2.75, 3.05) is 20.8 Å². The van der Waals surface area contributed by atoms with E-state index in [1.54, 1.807) is 48.5 Å². The van der Waals surface area contributed by atoms with Crippen LogP contribution in [0.2, 0.25) is 0 Å². The summed E-state index contributed by atoms with van der Waals surface area (Å²) >= 11 is 3.26. The van der Waals surface area contributed by atoms with E-state index in [9.17, 15) is 8.78 Å². The summed E-state index contributed by atoms with van der Waals surface area (Å²) in [5.41, 5.74) is 0.356. The molecule has 0 spiro atoms. The molecule has 0 radical (unpaired) electrons. The smallest absolute Gasteiger partial charge is 0.310 e. The van der Waals surface area contributed by atoms with Gasteiger partial charge in [-0.15, -0.1) is 0 Å². The van der Waals surface area contributed by atoms with E-state index in [2.05, 4.69) is 15.9 Å². The Morgan fingerprint density at radius 1 is 1.04 bits per heavy atom. The minimum Gasteiger partial charge on any atom is -0.497 e. The minimum atomic E-state index is -3.20. The summed E-state index contributed by atoms with van der Waals surface area (Å²) in [6.45, 7) is -0.792. The fourth-order valence-corrected chi connectivity index (χ4v) is 2.54. The van der Waals surface area contributed by atoms with E-state index in [0.29, 0.717) is 21.5 Å². The number of benzene rings is 2. The van der Waals surface area contributed by atoms with Crippen LogP contribution in [0.15, 0.2) is 53.0 Å². The zero-order valence-electron chi connectivity index (χ0n) is 12.8. The summed E-state index contributed by atoms with van der Waals surface area (Å²) in [4.78, 5) is 0. The van der Waals surface area contributed by atoms with Crippen LogP contribution in [-0.2, 0) is 4.74 Å². The molecule has 3 nitrogen and oxygen atoms in total. The first kappa shape index (κ1) is 17.7. The van der Waals surface area contributed by atoms with Gasteiger partial charge in [-0.05, 0) is 45.8 Å². The van der Waals surface area contributed by atoms with Crippen molar-refractivity contribution >= 4 is 15.9 Å². The molecule has 0 heterocycles. The van der Waals surface area contributed by atoms with Crippen molar-refractivity contribution in [1.29, 1.82) is 0 Å². The van der Waals surface area contributed by atoms with Gasteiger partial charge in [-0.3, -0.25) is 0 Å². The molecule has 1 unspecified atom stereocenters. The van der Waals surface area contributed by atoms with E-state index in [1.165, 1.54) is 14.2 Å². The molecule has 6 heteroatoms. The highest BCUT2D eigenvalue weighted by atomic mass is 79.9. The number of halogens is 3. The summed E-state index contributed by atoms with van der Waals surface area (Å²) in [6, 6.07) is 13.2. The van der Waals surface area contributed by atoms with Gasteiger partial charge >= 0.3 is 5.92 Å². The van der Waals surface area contributed by atoms with Crippen LogP contribution in [0.25, 0.3) is 0 Å². The number of ether oxygens (including phenoxy) is 3. The van der Waals surface area contributed by atoms with E-state index >= 15 is 0 Å². The molecule has 0 bridgehead atoms. The normalized spacial score (nSPS) is 12.7. The van der Waals surface area contributed by atoms with Gasteiger partial charge in [-0.1, -0.05) is 24.3 Å². The molecular weight excluding hydrogens is 370 g/mol. The van der Waals surface area contributed by atoms with Crippen LogP contribution in [0.4, 0.5) is 8.78 Å². The summed E-state index contributed by atoms with van der Waals surface area (Å²) < 4.78 is 44.9. The molecule has 2 aromatic carbocycles. The fraction of sp³-hybridized carbons (Fsp3) is 0.294. The first-order valence-electron chi connectivity index (χ1n) is 6.90. The van der Waals surface area contributed by atoms with Crippen molar-refractivity contribution in [3.05, 3.63) is 58.6 Å². The van der Waals surface area contributed by atoms with Gasteiger partial charge in [0.25, 0.3) is 0 Å². The Hall–Kier alpha value is -1.66. The van der Waals surface area contributed by atoms with Crippen LogP contribution in [0.3, 0.4) is 0 Å². The van der Waals surface area contributed by atoms with E-state index in [4.69, 9.17) is 14.2 Å². The average Bonchev–Trinajstić information content (AvgIpc) is 2.55. The number of hydrogen-bond acceptors (Lipinski definition) is 3. The average molecular weight is 387 g/mol. The molecule has 0 aliphatic carbocycles. The molecular formula is C17H17BrF2O3. The maximum absolute atomic E-state index is 14.5. The maximum atomic E-state index is 14.5. The van der Waals surface area contributed by atoms with Crippen molar-refractivity contribution in [2.24, 2.45) is 0 Å². The molecule has 0 saturated carbocycles. The maximum Gasteiger partial charge on any atom is 0.310 e. The number of methoxy groups -OCH3 is 2. The monoisotopic (exact) mass is 386 g/mol. The van der Waals surface area contributed by atoms with Crippen molar-refractivity contribution in [3.8, 4) is 11.5 Å². The second kappa shape index (κ2) is 7.75. The van der Waals surface area contributed by atoms with Gasteiger partial charge < -0.3 is 14.2 Å². The van der Waals surface area contributed by atoms with Crippen LogP contribution in [0.1, 0.15) is 11.7 Å². The third kappa shape index (κ3) is 4.42. The zero-order valence-corrected chi connectivity index (χ0v) is 14.3. The Labute approximate surface area is 142 Å². The molecule has 0 aliphatic rings. The predicted octanol–water partition coefficient (Wildman–Crippen LogP) is 4.86. The molecule has 0 aromatic heterocycles. The molecule has 0 aliphatic heterocycles. The summed E-state index contributed by atoms with van der Waals surface area (Å²) in [5.74, 6) is -2.24. The van der Waals surface area contributed by atoms with Crippen molar-refractivity contribution in [3.63, 3.8) is 0 Å². The largest absolute Gasteiger partial charge is 0.497 e. The van der Waals surface area contributed by atoms with Gasteiger partial charge in [0.15, 0.2) is 6.61 Å². The van der Waals surface area contributed by atoms with E-state index in [0.717, 1.165) is 0 Å². The molecule has 0 saturated heterocycles. The van der Waals surface area contributed by atoms with Gasteiger partial charge in [0, 0.05) is 7.11 Å². The van der Waals surface area contributed by atoms with E-state index < -0.39 is 18.6 Å². The van der Waals surface area contributed by atoms with E-state index in [-0.39, 0.29) is 0 Å². The van der Waals surface area contributed by atoms with Gasteiger partial charge in [-0.25, -0.2) is 0 Å². The predicted molar refractivity (Wildman–Crippen MR) is 87.3 cm³/mol. The Bertz CT molecular complexity index is 632. The topological polar surface area (TPSA) is 27.7 Å². The Morgan fingerprint density at radius 3 is 2.26 bits per heavy atom. The molecule has 2 aromatic rings. The lowest BCUT2D eigenvalue weighted by molar-refractivity contribution is -0.146. The standard InChI is InChI=1S/C17H17BrF2O3/c1-21-13-9-7-12(8-10-13)16(22-2)17(19,20)11-23-15-6-4-3-5-14(15)18/h3-10,16H,11H2,1-2H3.